The van der Waals surface area contributed by atoms with Crippen LogP contribution in [0.1, 0.15) is 98.3 Å². The smallest absolute Gasteiger partial charge is 0.00899 e. The van der Waals surface area contributed by atoms with Crippen LogP contribution in [0, 0.1) is 5.92 Å². The van der Waals surface area contributed by atoms with Gasteiger partial charge in [-0.25, -0.2) is 0 Å². The molecule has 19 heavy (non-hydrogen) atoms. The van der Waals surface area contributed by atoms with Gasteiger partial charge >= 0.3 is 0 Å². The summed E-state index contributed by atoms with van der Waals surface area (Å²) in [5.41, 5.74) is 0. The summed E-state index contributed by atoms with van der Waals surface area (Å²) in [6.07, 6.45) is 15.8. The molecule has 0 rings (SSSR count). The van der Waals surface area contributed by atoms with Crippen LogP contribution in [0.2, 0.25) is 0 Å². The van der Waals surface area contributed by atoms with E-state index in [1.165, 1.54) is 70.6 Å². The van der Waals surface area contributed by atoms with Gasteiger partial charge in [-0.2, -0.15) is 0 Å². The van der Waals surface area contributed by atoms with Crippen molar-refractivity contribution in [2.45, 2.75) is 104 Å². The van der Waals surface area contributed by atoms with Crippen molar-refractivity contribution < 1.29 is 0 Å². The van der Waals surface area contributed by atoms with Crippen molar-refractivity contribution in [3.8, 4) is 0 Å². The molecule has 1 atom stereocenters. The van der Waals surface area contributed by atoms with E-state index in [0.717, 1.165) is 18.5 Å². The summed E-state index contributed by atoms with van der Waals surface area (Å²) in [6, 6.07) is 0.735. The normalized spacial score (nSPS) is 13.1. The highest BCUT2D eigenvalue weighted by Gasteiger charge is 2.10. The SMILES string of the molecule is CCCCCCCCCCCCC(NCC)C(C)C. The number of hydrogen-bond donors (Lipinski definition) is 1. The molecule has 0 saturated heterocycles. The highest BCUT2D eigenvalue weighted by atomic mass is 14.9. The number of hydrogen-bond acceptors (Lipinski definition) is 1. The minimum absolute atomic E-state index is 0.735. The molecule has 0 radical (unpaired) electrons. The third-order valence-corrected chi connectivity index (χ3v) is 4.14. The highest BCUT2D eigenvalue weighted by Crippen LogP contribution is 2.14. The highest BCUT2D eigenvalue weighted by molar-refractivity contribution is 4.69. The minimum Gasteiger partial charge on any atom is -0.314 e. The molecule has 1 N–H and O–H groups in total. The Labute approximate surface area is 122 Å². The average Bonchev–Trinajstić information content (AvgIpc) is 2.39. The summed E-state index contributed by atoms with van der Waals surface area (Å²) in [6.45, 7) is 10.3. The first-order valence-corrected chi connectivity index (χ1v) is 8.95. The van der Waals surface area contributed by atoms with Gasteiger partial charge in [0.25, 0.3) is 0 Å². The lowest BCUT2D eigenvalue weighted by Crippen LogP contribution is -2.33. The van der Waals surface area contributed by atoms with Crippen molar-refractivity contribution in [2.24, 2.45) is 5.92 Å². The van der Waals surface area contributed by atoms with Crippen LogP contribution in [0.15, 0.2) is 0 Å². The molecule has 116 valence electrons. The first kappa shape index (κ1) is 19.0. The van der Waals surface area contributed by atoms with Gasteiger partial charge in [0.2, 0.25) is 0 Å². The molecule has 0 aromatic carbocycles. The second-order valence-electron chi connectivity index (χ2n) is 6.38. The molecule has 0 amide bonds. The minimum atomic E-state index is 0.735. The standard InChI is InChI=1S/C18H39N/c1-5-7-8-9-10-11-12-13-14-15-16-18(17(3)4)19-6-2/h17-19H,5-16H2,1-4H3. The van der Waals surface area contributed by atoms with Gasteiger partial charge in [0.15, 0.2) is 0 Å². The first-order valence-electron chi connectivity index (χ1n) is 8.95. The Morgan fingerprint density at radius 2 is 1.16 bits per heavy atom. The van der Waals surface area contributed by atoms with Gasteiger partial charge in [0, 0.05) is 6.04 Å². The quantitative estimate of drug-likeness (QED) is 0.385. The zero-order chi connectivity index (χ0) is 14.3. The molecule has 0 aliphatic carbocycles. The fourth-order valence-corrected chi connectivity index (χ4v) is 2.78. The van der Waals surface area contributed by atoms with Gasteiger partial charge in [0.05, 0.1) is 0 Å². The molecule has 0 aromatic heterocycles. The molecule has 0 heterocycles. The maximum Gasteiger partial charge on any atom is 0.00899 e. The maximum atomic E-state index is 3.61. The van der Waals surface area contributed by atoms with Crippen molar-refractivity contribution in [3.05, 3.63) is 0 Å². The van der Waals surface area contributed by atoms with Crippen molar-refractivity contribution in [1.82, 2.24) is 5.32 Å². The fourth-order valence-electron chi connectivity index (χ4n) is 2.78. The van der Waals surface area contributed by atoms with E-state index in [-0.39, 0.29) is 0 Å². The third kappa shape index (κ3) is 12.7. The van der Waals surface area contributed by atoms with Crippen LogP contribution in [0.25, 0.3) is 0 Å². The van der Waals surface area contributed by atoms with E-state index in [1.807, 2.05) is 0 Å². The Balaban J connectivity index is 3.25. The second kappa shape index (κ2) is 14.4. The zero-order valence-electron chi connectivity index (χ0n) is 14.1. The van der Waals surface area contributed by atoms with Gasteiger partial charge in [-0.15, -0.1) is 0 Å². The molecule has 0 spiro atoms. The van der Waals surface area contributed by atoms with Crippen molar-refractivity contribution in [1.29, 1.82) is 0 Å². The van der Waals surface area contributed by atoms with Crippen LogP contribution in [0.4, 0.5) is 0 Å². The van der Waals surface area contributed by atoms with Crippen molar-refractivity contribution in [3.63, 3.8) is 0 Å². The van der Waals surface area contributed by atoms with E-state index in [4.69, 9.17) is 0 Å². The molecule has 0 saturated carbocycles. The Bertz CT molecular complexity index is 165. The van der Waals surface area contributed by atoms with Crippen LogP contribution in [-0.4, -0.2) is 12.6 Å². The molecule has 0 aromatic rings. The van der Waals surface area contributed by atoms with E-state index < -0.39 is 0 Å². The topological polar surface area (TPSA) is 12.0 Å². The van der Waals surface area contributed by atoms with Gasteiger partial charge in [0.1, 0.15) is 0 Å². The fraction of sp³-hybridized carbons (Fsp3) is 1.00. The lowest BCUT2D eigenvalue weighted by Gasteiger charge is -2.21. The molecule has 1 heteroatoms. The zero-order valence-corrected chi connectivity index (χ0v) is 14.1. The van der Waals surface area contributed by atoms with Crippen LogP contribution in [0.5, 0.6) is 0 Å². The Morgan fingerprint density at radius 1 is 0.684 bits per heavy atom. The molecule has 0 aliphatic rings. The van der Waals surface area contributed by atoms with Crippen LogP contribution in [0.3, 0.4) is 0 Å². The van der Waals surface area contributed by atoms with Gasteiger partial charge < -0.3 is 5.32 Å². The molecule has 0 fully saturated rings. The van der Waals surface area contributed by atoms with E-state index in [2.05, 4.69) is 33.0 Å². The predicted molar refractivity (Wildman–Crippen MR) is 88.8 cm³/mol. The molecule has 1 unspecified atom stereocenters. The Hall–Kier alpha value is -0.0400. The van der Waals surface area contributed by atoms with E-state index >= 15 is 0 Å². The summed E-state index contributed by atoms with van der Waals surface area (Å²) in [7, 11) is 0. The molecular weight excluding hydrogens is 230 g/mol. The Kier molecular flexibility index (Phi) is 14.3. The van der Waals surface area contributed by atoms with E-state index in [1.54, 1.807) is 0 Å². The first-order chi connectivity index (χ1) is 9.22. The largest absolute Gasteiger partial charge is 0.314 e. The third-order valence-electron chi connectivity index (χ3n) is 4.14. The number of nitrogens with one attached hydrogen (secondary N) is 1. The molecule has 0 bridgehead atoms. The summed E-state index contributed by atoms with van der Waals surface area (Å²) in [5.74, 6) is 0.776. The van der Waals surface area contributed by atoms with Crippen LogP contribution in [-0.2, 0) is 0 Å². The van der Waals surface area contributed by atoms with Crippen molar-refractivity contribution >= 4 is 0 Å². The maximum absolute atomic E-state index is 3.61. The Morgan fingerprint density at radius 3 is 1.58 bits per heavy atom. The van der Waals surface area contributed by atoms with Gasteiger partial charge in [-0.1, -0.05) is 91.9 Å². The summed E-state index contributed by atoms with van der Waals surface area (Å²) in [5, 5.41) is 3.61. The lowest BCUT2D eigenvalue weighted by atomic mass is 9.97. The number of rotatable bonds is 14. The summed E-state index contributed by atoms with van der Waals surface area (Å²) < 4.78 is 0. The van der Waals surface area contributed by atoms with Crippen molar-refractivity contribution in [2.75, 3.05) is 6.54 Å². The second-order valence-corrected chi connectivity index (χ2v) is 6.38. The van der Waals surface area contributed by atoms with Crippen LogP contribution >= 0.6 is 0 Å². The predicted octanol–water partition coefficient (Wildman–Crippen LogP) is 5.93. The van der Waals surface area contributed by atoms with Crippen LogP contribution < -0.4 is 5.32 Å². The summed E-state index contributed by atoms with van der Waals surface area (Å²) in [4.78, 5) is 0. The van der Waals surface area contributed by atoms with Gasteiger partial charge in [-0.05, 0) is 18.9 Å². The summed E-state index contributed by atoms with van der Waals surface area (Å²) >= 11 is 0. The lowest BCUT2D eigenvalue weighted by molar-refractivity contribution is 0.370. The van der Waals surface area contributed by atoms with E-state index in [9.17, 15) is 0 Å². The van der Waals surface area contributed by atoms with Gasteiger partial charge in [-0.3, -0.25) is 0 Å². The molecule has 1 nitrogen and oxygen atoms in total. The average molecular weight is 270 g/mol. The monoisotopic (exact) mass is 269 g/mol. The number of unbranched alkanes of at least 4 members (excludes halogenated alkanes) is 9. The molecule has 0 aliphatic heterocycles. The molecular formula is C18H39N. The van der Waals surface area contributed by atoms with E-state index in [0.29, 0.717) is 0 Å².